The van der Waals surface area contributed by atoms with E-state index in [1.807, 2.05) is 0 Å². The van der Waals surface area contributed by atoms with Gasteiger partial charge in [0, 0.05) is 7.05 Å². The molecule has 0 fully saturated rings. The maximum Gasteiger partial charge on any atom is 0.416 e. The Morgan fingerprint density at radius 1 is 1.35 bits per heavy atom. The Kier molecular flexibility index (Phi) is 3.71. The van der Waals surface area contributed by atoms with E-state index in [0.29, 0.717) is 0 Å². The first-order valence-electron chi connectivity index (χ1n) is 5.48. The second-order valence-corrected chi connectivity index (χ2v) is 4.29. The minimum atomic E-state index is -4.49. The van der Waals surface area contributed by atoms with E-state index in [-0.39, 0.29) is 16.4 Å². The van der Waals surface area contributed by atoms with E-state index in [2.05, 4.69) is 10.4 Å². The average Bonchev–Trinajstić information content (AvgIpc) is 2.38. The fourth-order valence-corrected chi connectivity index (χ4v) is 1.88. The molecule has 0 aliphatic rings. The van der Waals surface area contributed by atoms with E-state index >= 15 is 0 Å². The standard InChI is InChI=1S/C12H9ClF3N3O/c1-17-10-9(13)6-18-19(11(10)20)8-4-2-3-7(5-8)12(14,15)16/h2-6,17H,1H3. The third kappa shape index (κ3) is 2.62. The van der Waals surface area contributed by atoms with Crippen LogP contribution in [0.5, 0.6) is 0 Å². The van der Waals surface area contributed by atoms with Gasteiger partial charge in [-0.25, -0.2) is 0 Å². The van der Waals surface area contributed by atoms with E-state index < -0.39 is 17.3 Å². The molecule has 1 N–H and O–H groups in total. The number of nitrogens with zero attached hydrogens (tertiary/aromatic N) is 2. The van der Waals surface area contributed by atoms with Crippen LogP contribution >= 0.6 is 11.6 Å². The largest absolute Gasteiger partial charge is 0.416 e. The summed E-state index contributed by atoms with van der Waals surface area (Å²) in [6, 6.07) is 4.34. The lowest BCUT2D eigenvalue weighted by Crippen LogP contribution is -2.24. The molecule has 1 aromatic heterocycles. The monoisotopic (exact) mass is 303 g/mol. The van der Waals surface area contributed by atoms with E-state index in [0.717, 1.165) is 16.8 Å². The van der Waals surface area contributed by atoms with Crippen LogP contribution in [0.3, 0.4) is 0 Å². The zero-order valence-electron chi connectivity index (χ0n) is 10.2. The summed E-state index contributed by atoms with van der Waals surface area (Å²) in [5, 5.41) is 6.43. The highest BCUT2D eigenvalue weighted by Crippen LogP contribution is 2.30. The van der Waals surface area contributed by atoms with Gasteiger partial charge < -0.3 is 5.32 Å². The molecule has 0 atom stereocenters. The Morgan fingerprint density at radius 3 is 2.65 bits per heavy atom. The van der Waals surface area contributed by atoms with E-state index in [4.69, 9.17) is 11.6 Å². The average molecular weight is 304 g/mol. The molecule has 0 aliphatic carbocycles. The second-order valence-electron chi connectivity index (χ2n) is 3.88. The lowest BCUT2D eigenvalue weighted by Gasteiger charge is -2.11. The lowest BCUT2D eigenvalue weighted by atomic mass is 10.2. The minimum absolute atomic E-state index is 0.0120. The summed E-state index contributed by atoms with van der Waals surface area (Å²) >= 11 is 5.77. The fraction of sp³-hybridized carbons (Fsp3) is 0.167. The Morgan fingerprint density at radius 2 is 2.05 bits per heavy atom. The molecule has 0 bridgehead atoms. The smallest absolute Gasteiger partial charge is 0.382 e. The van der Waals surface area contributed by atoms with Crippen molar-refractivity contribution in [2.24, 2.45) is 0 Å². The molecule has 2 rings (SSSR count). The molecule has 2 aromatic rings. The van der Waals surface area contributed by atoms with Crippen molar-refractivity contribution < 1.29 is 13.2 Å². The third-order valence-electron chi connectivity index (χ3n) is 2.60. The zero-order valence-corrected chi connectivity index (χ0v) is 11.0. The van der Waals surface area contributed by atoms with Gasteiger partial charge in [0.15, 0.2) is 0 Å². The Bertz CT molecular complexity index is 697. The number of anilines is 1. The summed E-state index contributed by atoms with van der Waals surface area (Å²) in [5.74, 6) is 0. The number of hydrogen-bond acceptors (Lipinski definition) is 3. The van der Waals surface area contributed by atoms with Gasteiger partial charge in [0.05, 0.1) is 22.5 Å². The van der Waals surface area contributed by atoms with Crippen molar-refractivity contribution in [1.29, 1.82) is 0 Å². The molecule has 0 spiro atoms. The van der Waals surface area contributed by atoms with Crippen molar-refractivity contribution in [1.82, 2.24) is 9.78 Å². The predicted octanol–water partition coefficient (Wildman–Crippen LogP) is 2.95. The van der Waals surface area contributed by atoms with Gasteiger partial charge in [0.1, 0.15) is 5.69 Å². The highest BCUT2D eigenvalue weighted by Gasteiger charge is 2.30. The zero-order chi connectivity index (χ0) is 14.9. The normalized spacial score (nSPS) is 11.4. The van der Waals surface area contributed by atoms with Crippen molar-refractivity contribution in [3.8, 4) is 5.69 Å². The van der Waals surface area contributed by atoms with E-state index in [1.54, 1.807) is 0 Å². The van der Waals surface area contributed by atoms with Crippen LogP contribution in [0.2, 0.25) is 5.02 Å². The molecule has 0 aliphatic heterocycles. The molecule has 1 heterocycles. The maximum absolute atomic E-state index is 12.7. The van der Waals surface area contributed by atoms with Gasteiger partial charge in [0.2, 0.25) is 0 Å². The van der Waals surface area contributed by atoms with Crippen molar-refractivity contribution in [2.45, 2.75) is 6.18 Å². The molecular formula is C12H9ClF3N3O. The summed E-state index contributed by atoms with van der Waals surface area (Å²) in [4.78, 5) is 12.1. The summed E-state index contributed by atoms with van der Waals surface area (Å²) < 4.78 is 38.8. The van der Waals surface area contributed by atoms with Gasteiger partial charge in [-0.1, -0.05) is 17.7 Å². The van der Waals surface area contributed by atoms with Crippen LogP contribution in [0, 0.1) is 0 Å². The number of aromatic nitrogens is 2. The lowest BCUT2D eigenvalue weighted by molar-refractivity contribution is -0.137. The van der Waals surface area contributed by atoms with Crippen LogP contribution in [-0.2, 0) is 6.18 Å². The first-order valence-corrected chi connectivity index (χ1v) is 5.85. The van der Waals surface area contributed by atoms with Crippen LogP contribution in [0.25, 0.3) is 5.69 Å². The fourth-order valence-electron chi connectivity index (χ4n) is 1.66. The highest BCUT2D eigenvalue weighted by molar-refractivity contribution is 6.32. The van der Waals surface area contributed by atoms with Crippen molar-refractivity contribution in [2.75, 3.05) is 12.4 Å². The van der Waals surface area contributed by atoms with Crippen LogP contribution < -0.4 is 10.9 Å². The van der Waals surface area contributed by atoms with Crippen molar-refractivity contribution in [3.63, 3.8) is 0 Å². The molecule has 20 heavy (non-hydrogen) atoms. The molecular weight excluding hydrogens is 295 g/mol. The van der Waals surface area contributed by atoms with Crippen LogP contribution in [0.15, 0.2) is 35.3 Å². The first-order chi connectivity index (χ1) is 9.34. The summed E-state index contributed by atoms with van der Waals surface area (Å²) in [6.45, 7) is 0. The van der Waals surface area contributed by atoms with Crippen LogP contribution in [0.4, 0.5) is 18.9 Å². The van der Waals surface area contributed by atoms with Crippen LogP contribution in [0.1, 0.15) is 5.56 Å². The molecule has 106 valence electrons. The number of nitrogens with one attached hydrogen (secondary N) is 1. The number of halogens is 4. The Balaban J connectivity index is 2.61. The van der Waals surface area contributed by atoms with Gasteiger partial charge in [-0.2, -0.15) is 23.0 Å². The molecule has 0 unspecified atom stereocenters. The summed E-state index contributed by atoms with van der Waals surface area (Å²) in [6.07, 6.45) is -3.30. The predicted molar refractivity (Wildman–Crippen MR) is 69.4 cm³/mol. The molecule has 0 saturated heterocycles. The van der Waals surface area contributed by atoms with Crippen molar-refractivity contribution in [3.05, 3.63) is 51.4 Å². The van der Waals surface area contributed by atoms with Crippen LogP contribution in [-0.4, -0.2) is 16.8 Å². The van der Waals surface area contributed by atoms with Gasteiger partial charge in [-0.05, 0) is 18.2 Å². The summed E-state index contributed by atoms with van der Waals surface area (Å²) in [5.41, 5.74) is -1.40. The first kappa shape index (κ1) is 14.4. The molecule has 8 heteroatoms. The third-order valence-corrected chi connectivity index (χ3v) is 2.89. The molecule has 0 saturated carbocycles. The Labute approximate surface area is 116 Å². The van der Waals surface area contributed by atoms with Gasteiger partial charge in [-0.3, -0.25) is 4.79 Å². The summed E-state index contributed by atoms with van der Waals surface area (Å²) in [7, 11) is 1.49. The maximum atomic E-state index is 12.7. The number of benzene rings is 1. The van der Waals surface area contributed by atoms with Crippen molar-refractivity contribution >= 4 is 17.3 Å². The minimum Gasteiger partial charge on any atom is -0.382 e. The van der Waals surface area contributed by atoms with Gasteiger partial charge >= 0.3 is 6.18 Å². The number of alkyl halides is 3. The quantitative estimate of drug-likeness (QED) is 0.928. The van der Waals surface area contributed by atoms with E-state index in [1.165, 1.54) is 25.4 Å². The number of hydrogen-bond donors (Lipinski definition) is 1. The highest BCUT2D eigenvalue weighted by atomic mass is 35.5. The molecule has 0 amide bonds. The molecule has 0 radical (unpaired) electrons. The topological polar surface area (TPSA) is 46.9 Å². The SMILES string of the molecule is CNc1c(Cl)cnn(-c2cccc(C(F)(F)F)c2)c1=O. The molecule has 1 aromatic carbocycles. The molecule has 4 nitrogen and oxygen atoms in total. The van der Waals surface area contributed by atoms with Gasteiger partial charge in [0.25, 0.3) is 5.56 Å². The second kappa shape index (κ2) is 5.16. The van der Waals surface area contributed by atoms with Gasteiger partial charge in [-0.15, -0.1) is 0 Å². The number of rotatable bonds is 2. The van der Waals surface area contributed by atoms with E-state index in [9.17, 15) is 18.0 Å². The Hall–Kier alpha value is -2.02.